The van der Waals surface area contributed by atoms with Crippen molar-refractivity contribution < 1.29 is 23.8 Å². The highest BCUT2D eigenvalue weighted by molar-refractivity contribution is 6.12. The van der Waals surface area contributed by atoms with E-state index in [4.69, 9.17) is 14.2 Å². The van der Waals surface area contributed by atoms with Crippen molar-refractivity contribution in [3.05, 3.63) is 12.2 Å². The third-order valence-electron chi connectivity index (χ3n) is 4.75. The van der Waals surface area contributed by atoms with Gasteiger partial charge in [0.2, 0.25) is 0 Å². The lowest BCUT2D eigenvalue weighted by Crippen LogP contribution is -2.33. The lowest BCUT2D eigenvalue weighted by Gasteiger charge is -2.13. The first kappa shape index (κ1) is 24.8. The smallest absolute Gasteiger partial charge is 0.253 e. The van der Waals surface area contributed by atoms with E-state index in [2.05, 4.69) is 6.92 Å². The van der Waals surface area contributed by atoms with E-state index in [0.29, 0.717) is 33.0 Å². The maximum absolute atomic E-state index is 11.3. The zero-order valence-corrected chi connectivity index (χ0v) is 17.7. The van der Waals surface area contributed by atoms with Gasteiger partial charge in [-0.25, -0.2) is 0 Å². The second kappa shape index (κ2) is 17.8. The van der Waals surface area contributed by atoms with Crippen LogP contribution in [0.1, 0.15) is 71.1 Å². The zero-order valence-electron chi connectivity index (χ0n) is 17.7. The van der Waals surface area contributed by atoms with Crippen molar-refractivity contribution in [3.8, 4) is 0 Å². The van der Waals surface area contributed by atoms with Crippen LogP contribution in [0.5, 0.6) is 0 Å². The van der Waals surface area contributed by atoms with E-state index >= 15 is 0 Å². The lowest BCUT2D eigenvalue weighted by atomic mass is 10.1. The minimum absolute atomic E-state index is 0.274. The Morgan fingerprint density at radius 3 is 1.57 bits per heavy atom. The van der Waals surface area contributed by atoms with Crippen molar-refractivity contribution in [1.29, 1.82) is 0 Å². The molecule has 0 radical (unpaired) electrons. The van der Waals surface area contributed by atoms with Crippen molar-refractivity contribution in [1.82, 2.24) is 4.90 Å². The van der Waals surface area contributed by atoms with Crippen molar-refractivity contribution in [2.75, 3.05) is 46.2 Å². The Morgan fingerprint density at radius 2 is 1.04 bits per heavy atom. The largest absolute Gasteiger partial charge is 0.379 e. The Labute approximate surface area is 170 Å². The van der Waals surface area contributed by atoms with Crippen molar-refractivity contribution in [2.45, 2.75) is 71.1 Å². The molecule has 0 aromatic heterocycles. The lowest BCUT2D eigenvalue weighted by molar-refractivity contribution is -0.137. The van der Waals surface area contributed by atoms with Gasteiger partial charge in [-0.3, -0.25) is 14.5 Å². The molecule has 0 saturated heterocycles. The monoisotopic (exact) mass is 397 g/mol. The number of hydrogen-bond acceptors (Lipinski definition) is 5. The van der Waals surface area contributed by atoms with E-state index in [9.17, 15) is 9.59 Å². The highest BCUT2D eigenvalue weighted by Gasteiger charge is 2.22. The van der Waals surface area contributed by atoms with Gasteiger partial charge in [-0.15, -0.1) is 0 Å². The first-order chi connectivity index (χ1) is 13.8. The summed E-state index contributed by atoms with van der Waals surface area (Å²) in [6.45, 7) is 5.79. The molecular formula is C22H39NO5. The molecule has 0 atom stereocenters. The average molecular weight is 398 g/mol. The standard InChI is InChI=1S/C22H39NO5/c1-2-3-4-5-6-7-8-9-10-11-15-26-17-19-28-20-18-27-16-14-23-21(24)12-13-22(23)25/h12-13H,2-11,14-20H2,1H3. The molecule has 0 unspecified atom stereocenters. The second-order valence-electron chi connectivity index (χ2n) is 7.18. The summed E-state index contributed by atoms with van der Waals surface area (Å²) in [5, 5.41) is 0. The molecule has 0 aromatic carbocycles. The van der Waals surface area contributed by atoms with Crippen LogP contribution in [0.25, 0.3) is 0 Å². The summed E-state index contributed by atoms with van der Waals surface area (Å²) in [5.74, 6) is -0.547. The molecule has 0 N–H and O–H groups in total. The third kappa shape index (κ3) is 13.0. The third-order valence-corrected chi connectivity index (χ3v) is 4.75. The van der Waals surface area contributed by atoms with Gasteiger partial charge >= 0.3 is 0 Å². The Balaban J connectivity index is 1.70. The SMILES string of the molecule is CCCCCCCCCCCCOCCOCCOCCN1C(=O)C=CC1=O. The summed E-state index contributed by atoms with van der Waals surface area (Å²) in [6.07, 6.45) is 15.9. The Hall–Kier alpha value is -1.24. The maximum atomic E-state index is 11.3. The molecule has 0 saturated carbocycles. The number of nitrogens with zero attached hydrogens (tertiary/aromatic N) is 1. The van der Waals surface area contributed by atoms with Gasteiger partial charge in [0.15, 0.2) is 0 Å². The highest BCUT2D eigenvalue weighted by Crippen LogP contribution is 2.10. The molecule has 0 bridgehead atoms. The molecule has 6 heteroatoms. The molecule has 2 amide bonds. The molecule has 0 aliphatic carbocycles. The van der Waals surface area contributed by atoms with Crippen LogP contribution in [-0.2, 0) is 23.8 Å². The van der Waals surface area contributed by atoms with Crippen LogP contribution in [0.2, 0.25) is 0 Å². The number of hydrogen-bond donors (Lipinski definition) is 0. The Bertz CT molecular complexity index is 421. The van der Waals surface area contributed by atoms with E-state index in [0.717, 1.165) is 13.0 Å². The van der Waals surface area contributed by atoms with Gasteiger partial charge in [0, 0.05) is 18.8 Å². The molecule has 162 valence electrons. The van der Waals surface area contributed by atoms with E-state index < -0.39 is 0 Å². The second-order valence-corrected chi connectivity index (χ2v) is 7.18. The summed E-state index contributed by atoms with van der Waals surface area (Å²) in [7, 11) is 0. The van der Waals surface area contributed by atoms with E-state index in [1.807, 2.05) is 0 Å². The van der Waals surface area contributed by atoms with Crippen molar-refractivity contribution in [2.24, 2.45) is 0 Å². The Morgan fingerprint density at radius 1 is 0.607 bits per heavy atom. The minimum atomic E-state index is -0.274. The van der Waals surface area contributed by atoms with E-state index in [1.165, 1.54) is 74.8 Å². The predicted octanol–water partition coefficient (Wildman–Crippen LogP) is 3.88. The van der Waals surface area contributed by atoms with Crippen LogP contribution in [-0.4, -0.2) is 62.9 Å². The van der Waals surface area contributed by atoms with Crippen LogP contribution in [0.4, 0.5) is 0 Å². The molecule has 0 spiro atoms. The molecule has 28 heavy (non-hydrogen) atoms. The highest BCUT2D eigenvalue weighted by atomic mass is 16.5. The van der Waals surface area contributed by atoms with Crippen LogP contribution in [0.15, 0.2) is 12.2 Å². The molecule has 1 aliphatic heterocycles. The number of unbranched alkanes of at least 4 members (excludes halogenated alkanes) is 9. The number of ether oxygens (including phenoxy) is 3. The fraction of sp³-hybridized carbons (Fsp3) is 0.818. The normalized spacial score (nSPS) is 13.8. The van der Waals surface area contributed by atoms with E-state index in [-0.39, 0.29) is 18.4 Å². The molecule has 1 aliphatic rings. The number of amides is 2. The van der Waals surface area contributed by atoms with Gasteiger partial charge in [0.1, 0.15) is 0 Å². The maximum Gasteiger partial charge on any atom is 0.253 e. The summed E-state index contributed by atoms with van der Waals surface area (Å²) in [5.41, 5.74) is 0. The van der Waals surface area contributed by atoms with Gasteiger partial charge in [-0.05, 0) is 6.42 Å². The van der Waals surface area contributed by atoms with Crippen LogP contribution >= 0.6 is 0 Å². The number of rotatable bonds is 20. The molecule has 0 fully saturated rings. The number of imide groups is 1. The van der Waals surface area contributed by atoms with Crippen LogP contribution in [0, 0.1) is 0 Å². The van der Waals surface area contributed by atoms with Gasteiger partial charge in [-0.2, -0.15) is 0 Å². The minimum Gasteiger partial charge on any atom is -0.379 e. The summed E-state index contributed by atoms with van der Waals surface area (Å²) in [4.78, 5) is 23.8. The van der Waals surface area contributed by atoms with Gasteiger partial charge in [0.05, 0.1) is 39.6 Å². The summed E-state index contributed by atoms with van der Waals surface area (Å²) < 4.78 is 16.4. The molecule has 6 nitrogen and oxygen atoms in total. The van der Waals surface area contributed by atoms with Gasteiger partial charge < -0.3 is 14.2 Å². The molecule has 0 aromatic rings. The quantitative estimate of drug-likeness (QED) is 0.230. The Kier molecular flexibility index (Phi) is 15.8. The van der Waals surface area contributed by atoms with E-state index in [1.54, 1.807) is 0 Å². The molecule has 1 rings (SSSR count). The molecular weight excluding hydrogens is 358 g/mol. The van der Waals surface area contributed by atoms with Gasteiger partial charge in [-0.1, -0.05) is 64.7 Å². The number of carbonyl (C=O) groups is 2. The fourth-order valence-corrected chi connectivity index (χ4v) is 3.04. The summed E-state index contributed by atoms with van der Waals surface area (Å²) >= 11 is 0. The van der Waals surface area contributed by atoms with Crippen LogP contribution < -0.4 is 0 Å². The first-order valence-corrected chi connectivity index (χ1v) is 11.0. The average Bonchev–Trinajstić information content (AvgIpc) is 3.01. The zero-order chi connectivity index (χ0) is 20.3. The predicted molar refractivity (Wildman–Crippen MR) is 110 cm³/mol. The van der Waals surface area contributed by atoms with Crippen LogP contribution in [0.3, 0.4) is 0 Å². The van der Waals surface area contributed by atoms with Crippen molar-refractivity contribution in [3.63, 3.8) is 0 Å². The fourth-order valence-electron chi connectivity index (χ4n) is 3.04. The summed E-state index contributed by atoms with van der Waals surface area (Å²) in [6, 6.07) is 0. The first-order valence-electron chi connectivity index (χ1n) is 11.0. The van der Waals surface area contributed by atoms with Crippen molar-refractivity contribution >= 4 is 11.8 Å². The topological polar surface area (TPSA) is 65.1 Å². The molecule has 1 heterocycles. The number of carbonyl (C=O) groups excluding carboxylic acids is 2. The van der Waals surface area contributed by atoms with Gasteiger partial charge in [0.25, 0.3) is 11.8 Å².